The van der Waals surface area contributed by atoms with Crippen LogP contribution in [0.3, 0.4) is 0 Å². The molecule has 0 fully saturated rings. The second-order valence-electron chi connectivity index (χ2n) is 7.47. The highest BCUT2D eigenvalue weighted by Crippen LogP contribution is 2.23. The number of methoxy groups -OCH3 is 1. The Hall–Kier alpha value is -2.87. The SMILES string of the molecule is COc1cccc(NC(=O)C[NH+](C)CC(=O)Nc2cc(C(C)(C)C)no2)c1. The summed E-state index contributed by atoms with van der Waals surface area (Å²) in [6.45, 7) is 6.30. The lowest BCUT2D eigenvalue weighted by molar-refractivity contribution is -0.862. The van der Waals surface area contributed by atoms with Crippen molar-refractivity contribution in [2.75, 3.05) is 37.9 Å². The second kappa shape index (κ2) is 8.68. The predicted octanol–water partition coefficient (Wildman–Crippen LogP) is 1.07. The standard InChI is InChI=1S/C19H26N4O4/c1-19(2,3)15-10-18(27-22-15)21-17(25)12-23(4)11-16(24)20-13-7-6-8-14(9-13)26-5/h6-10H,11-12H2,1-5H3,(H,20,24)(H,21,25)/p+1. The molecule has 1 aromatic carbocycles. The van der Waals surface area contributed by atoms with Crippen LogP contribution in [0.5, 0.6) is 5.75 Å². The molecular weight excluding hydrogens is 348 g/mol. The smallest absolute Gasteiger partial charge is 0.281 e. The number of quaternary nitrogens is 1. The Bertz CT molecular complexity index is 795. The third-order valence-corrected chi connectivity index (χ3v) is 3.82. The molecule has 0 aliphatic rings. The molecular formula is C19H27N4O4+. The number of nitrogens with zero attached hydrogens (tertiary/aromatic N) is 1. The summed E-state index contributed by atoms with van der Waals surface area (Å²) in [5, 5.41) is 9.41. The molecule has 0 saturated carbocycles. The second-order valence-corrected chi connectivity index (χ2v) is 7.47. The van der Waals surface area contributed by atoms with Gasteiger partial charge in [-0.25, -0.2) is 0 Å². The molecule has 1 unspecified atom stereocenters. The van der Waals surface area contributed by atoms with Crippen LogP contribution in [-0.2, 0) is 15.0 Å². The van der Waals surface area contributed by atoms with Crippen LogP contribution >= 0.6 is 0 Å². The van der Waals surface area contributed by atoms with Gasteiger partial charge < -0.3 is 19.5 Å². The lowest BCUT2D eigenvalue weighted by atomic mass is 9.92. The Kier molecular flexibility index (Phi) is 6.57. The number of likely N-dealkylation sites (N-methyl/N-ethyl adjacent to an activating group) is 1. The molecule has 3 N–H and O–H groups in total. The molecule has 2 rings (SSSR count). The number of hydrogen-bond donors (Lipinski definition) is 3. The van der Waals surface area contributed by atoms with Gasteiger partial charge in [-0.05, 0) is 12.1 Å². The van der Waals surface area contributed by atoms with Crippen LogP contribution in [0.15, 0.2) is 34.9 Å². The maximum atomic E-state index is 12.1. The van der Waals surface area contributed by atoms with E-state index in [1.54, 1.807) is 44.5 Å². The van der Waals surface area contributed by atoms with Crippen molar-refractivity contribution in [2.45, 2.75) is 26.2 Å². The molecule has 27 heavy (non-hydrogen) atoms. The number of nitrogens with one attached hydrogen (secondary N) is 3. The van der Waals surface area contributed by atoms with E-state index in [9.17, 15) is 9.59 Å². The van der Waals surface area contributed by atoms with E-state index in [0.29, 0.717) is 17.3 Å². The molecule has 8 heteroatoms. The van der Waals surface area contributed by atoms with Crippen LogP contribution in [0, 0.1) is 0 Å². The van der Waals surface area contributed by atoms with E-state index in [4.69, 9.17) is 9.26 Å². The molecule has 2 aromatic rings. The minimum atomic E-state index is -0.252. The third-order valence-electron chi connectivity index (χ3n) is 3.82. The first-order valence-corrected chi connectivity index (χ1v) is 8.69. The molecule has 1 aromatic heterocycles. The molecule has 0 aliphatic carbocycles. The fourth-order valence-electron chi connectivity index (χ4n) is 2.39. The zero-order chi connectivity index (χ0) is 20.0. The molecule has 1 heterocycles. The zero-order valence-corrected chi connectivity index (χ0v) is 16.4. The van der Waals surface area contributed by atoms with Gasteiger partial charge in [-0.1, -0.05) is 32.0 Å². The topological polar surface area (TPSA) is 97.9 Å². The Morgan fingerprint density at radius 3 is 2.41 bits per heavy atom. The molecule has 1 atom stereocenters. The van der Waals surface area contributed by atoms with Crippen LogP contribution in [0.1, 0.15) is 26.5 Å². The normalized spacial score (nSPS) is 12.3. The monoisotopic (exact) mass is 375 g/mol. The van der Waals surface area contributed by atoms with Gasteiger partial charge in [0.15, 0.2) is 13.1 Å². The minimum absolute atomic E-state index is 0.122. The molecule has 0 saturated heterocycles. The van der Waals surface area contributed by atoms with Crippen molar-refractivity contribution in [2.24, 2.45) is 0 Å². The number of hydrogen-bond acceptors (Lipinski definition) is 5. The van der Waals surface area contributed by atoms with Crippen molar-refractivity contribution in [1.82, 2.24) is 5.16 Å². The van der Waals surface area contributed by atoms with Gasteiger partial charge in [0.05, 0.1) is 19.9 Å². The van der Waals surface area contributed by atoms with Gasteiger partial charge in [0.2, 0.25) is 5.88 Å². The summed E-state index contributed by atoms with van der Waals surface area (Å²) in [5.74, 6) is 0.523. The average Bonchev–Trinajstić information content (AvgIpc) is 3.03. The number of rotatable bonds is 7. The maximum Gasteiger partial charge on any atom is 0.281 e. The van der Waals surface area contributed by atoms with E-state index in [1.807, 2.05) is 20.8 Å². The molecule has 0 bridgehead atoms. The summed E-state index contributed by atoms with van der Waals surface area (Å²) in [5.41, 5.74) is 1.25. The van der Waals surface area contributed by atoms with Crippen molar-refractivity contribution in [3.8, 4) is 5.75 Å². The first-order chi connectivity index (χ1) is 12.7. The quantitative estimate of drug-likeness (QED) is 0.673. The number of aromatic nitrogens is 1. The van der Waals surface area contributed by atoms with E-state index in [2.05, 4.69) is 15.8 Å². The van der Waals surface area contributed by atoms with Crippen molar-refractivity contribution in [3.63, 3.8) is 0 Å². The van der Waals surface area contributed by atoms with Crippen molar-refractivity contribution in [3.05, 3.63) is 36.0 Å². The van der Waals surface area contributed by atoms with Gasteiger partial charge in [0.25, 0.3) is 11.8 Å². The number of anilines is 2. The first-order valence-electron chi connectivity index (χ1n) is 8.69. The van der Waals surface area contributed by atoms with Gasteiger partial charge in [0, 0.05) is 23.2 Å². The molecule has 0 aliphatic heterocycles. The van der Waals surface area contributed by atoms with Crippen LogP contribution in [0.2, 0.25) is 0 Å². The van der Waals surface area contributed by atoms with E-state index in [1.165, 1.54) is 0 Å². The summed E-state index contributed by atoms with van der Waals surface area (Å²) in [4.78, 5) is 25.0. The largest absolute Gasteiger partial charge is 0.497 e. The summed E-state index contributed by atoms with van der Waals surface area (Å²) >= 11 is 0. The summed E-state index contributed by atoms with van der Waals surface area (Å²) in [6.07, 6.45) is 0. The third kappa shape index (κ3) is 6.41. The number of amides is 2. The number of carbonyl (C=O) groups is 2. The number of carbonyl (C=O) groups excluding carboxylic acids is 2. The van der Waals surface area contributed by atoms with E-state index < -0.39 is 0 Å². The van der Waals surface area contributed by atoms with Crippen molar-refractivity contribution < 1.29 is 23.7 Å². The summed E-state index contributed by atoms with van der Waals surface area (Å²) in [7, 11) is 3.34. The van der Waals surface area contributed by atoms with Gasteiger partial charge in [-0.3, -0.25) is 14.9 Å². The fraction of sp³-hybridized carbons (Fsp3) is 0.421. The molecule has 146 valence electrons. The molecule has 0 spiro atoms. The van der Waals surface area contributed by atoms with Gasteiger partial charge in [0.1, 0.15) is 5.75 Å². The average molecular weight is 375 g/mol. The van der Waals surface area contributed by atoms with Gasteiger partial charge >= 0.3 is 0 Å². The Morgan fingerprint density at radius 1 is 1.15 bits per heavy atom. The molecule has 2 amide bonds. The van der Waals surface area contributed by atoms with Crippen molar-refractivity contribution >= 4 is 23.4 Å². The summed E-state index contributed by atoms with van der Waals surface area (Å²) in [6, 6.07) is 8.81. The van der Waals surface area contributed by atoms with E-state index >= 15 is 0 Å². The molecule has 0 radical (unpaired) electrons. The highest BCUT2D eigenvalue weighted by atomic mass is 16.5. The van der Waals surface area contributed by atoms with E-state index in [-0.39, 0.29) is 30.3 Å². The zero-order valence-electron chi connectivity index (χ0n) is 16.4. The predicted molar refractivity (Wildman–Crippen MR) is 102 cm³/mol. The van der Waals surface area contributed by atoms with Crippen molar-refractivity contribution in [1.29, 1.82) is 0 Å². The number of ether oxygens (including phenoxy) is 1. The van der Waals surface area contributed by atoms with Gasteiger partial charge in [-0.2, -0.15) is 0 Å². The minimum Gasteiger partial charge on any atom is -0.497 e. The van der Waals surface area contributed by atoms with Crippen LogP contribution in [0.4, 0.5) is 11.6 Å². The lowest BCUT2D eigenvalue weighted by Crippen LogP contribution is -3.11. The lowest BCUT2D eigenvalue weighted by Gasteiger charge is -2.13. The number of benzene rings is 1. The maximum absolute atomic E-state index is 12.1. The first kappa shape index (κ1) is 20.4. The highest BCUT2D eigenvalue weighted by Gasteiger charge is 2.21. The Balaban J connectivity index is 1.81. The fourth-order valence-corrected chi connectivity index (χ4v) is 2.39. The van der Waals surface area contributed by atoms with Crippen LogP contribution in [0.25, 0.3) is 0 Å². The van der Waals surface area contributed by atoms with Crippen LogP contribution < -0.4 is 20.3 Å². The van der Waals surface area contributed by atoms with Crippen LogP contribution in [-0.4, -0.2) is 44.2 Å². The van der Waals surface area contributed by atoms with Gasteiger partial charge in [-0.15, -0.1) is 0 Å². The van der Waals surface area contributed by atoms with E-state index in [0.717, 1.165) is 10.6 Å². The highest BCUT2D eigenvalue weighted by molar-refractivity contribution is 5.92. The molecule has 8 nitrogen and oxygen atoms in total. The Labute approximate surface area is 158 Å². The summed E-state index contributed by atoms with van der Waals surface area (Å²) < 4.78 is 10.3. The Morgan fingerprint density at radius 2 is 1.81 bits per heavy atom.